The van der Waals surface area contributed by atoms with E-state index in [1.165, 1.54) is 0 Å². The minimum absolute atomic E-state index is 0.0163. The lowest BCUT2D eigenvalue weighted by Crippen LogP contribution is -2.32. The first-order chi connectivity index (χ1) is 9.38. The van der Waals surface area contributed by atoms with Crippen molar-refractivity contribution < 1.29 is 18.3 Å². The van der Waals surface area contributed by atoms with Crippen LogP contribution in [0.25, 0.3) is 0 Å². The smallest absolute Gasteiger partial charge is 0.387 e. The van der Waals surface area contributed by atoms with Crippen molar-refractivity contribution in [3.8, 4) is 5.75 Å². The van der Waals surface area contributed by atoms with E-state index in [2.05, 4.69) is 4.74 Å². The molecular formula is C14H18F2N2O2. The highest BCUT2D eigenvalue weighted by Crippen LogP contribution is 2.27. The summed E-state index contributed by atoms with van der Waals surface area (Å²) in [6, 6.07) is 3.18. The Morgan fingerprint density at radius 2 is 2.00 bits per heavy atom. The zero-order valence-corrected chi connectivity index (χ0v) is 11.5. The summed E-state index contributed by atoms with van der Waals surface area (Å²) >= 11 is 0. The number of ether oxygens (including phenoxy) is 1. The Morgan fingerprint density at radius 1 is 1.40 bits per heavy atom. The van der Waals surface area contributed by atoms with Gasteiger partial charge in [-0.15, -0.1) is 0 Å². The Kier molecular flexibility index (Phi) is 4.23. The molecule has 1 aromatic rings. The topological polar surface area (TPSA) is 55.6 Å². The molecule has 0 aromatic heterocycles. The Hall–Kier alpha value is -1.69. The number of rotatable bonds is 3. The second kappa shape index (κ2) is 5.75. The molecule has 2 N–H and O–H groups in total. The number of likely N-dealkylation sites (tertiary alicyclic amines) is 1. The lowest BCUT2D eigenvalue weighted by molar-refractivity contribution is -0.0507. The van der Waals surface area contributed by atoms with Gasteiger partial charge in [-0.05, 0) is 43.5 Å². The summed E-state index contributed by atoms with van der Waals surface area (Å²) < 4.78 is 29.1. The summed E-state index contributed by atoms with van der Waals surface area (Å²) in [5, 5.41) is 0. The zero-order valence-electron chi connectivity index (χ0n) is 11.5. The second-order valence-electron chi connectivity index (χ2n) is 5.12. The maximum Gasteiger partial charge on any atom is 0.387 e. The van der Waals surface area contributed by atoms with Crippen molar-refractivity contribution in [3.05, 3.63) is 28.8 Å². The lowest BCUT2D eigenvalue weighted by atomic mass is 10.0. The third-order valence-electron chi connectivity index (χ3n) is 3.43. The van der Waals surface area contributed by atoms with Crippen LogP contribution < -0.4 is 10.5 Å². The molecule has 1 aliphatic heterocycles. The van der Waals surface area contributed by atoms with Crippen molar-refractivity contribution in [3.63, 3.8) is 0 Å². The number of nitrogens with zero attached hydrogens (tertiary/aromatic N) is 1. The lowest BCUT2D eigenvalue weighted by Gasteiger charge is -2.18. The van der Waals surface area contributed by atoms with Crippen LogP contribution in [-0.2, 0) is 0 Å². The highest BCUT2D eigenvalue weighted by atomic mass is 19.3. The van der Waals surface area contributed by atoms with Crippen molar-refractivity contribution in [2.45, 2.75) is 32.9 Å². The molecule has 2 rings (SSSR count). The fraction of sp³-hybridized carbons (Fsp3) is 0.500. The van der Waals surface area contributed by atoms with E-state index in [1.807, 2.05) is 0 Å². The molecular weight excluding hydrogens is 266 g/mol. The average molecular weight is 284 g/mol. The van der Waals surface area contributed by atoms with E-state index in [9.17, 15) is 13.6 Å². The number of carbonyl (C=O) groups excluding carboxylic acids is 1. The number of halogens is 2. The minimum Gasteiger partial charge on any atom is -0.434 e. The van der Waals surface area contributed by atoms with Crippen molar-refractivity contribution in [1.29, 1.82) is 0 Å². The highest BCUT2D eigenvalue weighted by Gasteiger charge is 2.25. The van der Waals surface area contributed by atoms with Gasteiger partial charge < -0.3 is 15.4 Å². The van der Waals surface area contributed by atoms with Gasteiger partial charge in [-0.1, -0.05) is 0 Å². The monoisotopic (exact) mass is 284 g/mol. The van der Waals surface area contributed by atoms with Crippen LogP contribution in [0.15, 0.2) is 12.1 Å². The van der Waals surface area contributed by atoms with Gasteiger partial charge in [-0.2, -0.15) is 8.78 Å². The third-order valence-corrected chi connectivity index (χ3v) is 3.43. The number of benzene rings is 1. The molecule has 0 unspecified atom stereocenters. The second-order valence-corrected chi connectivity index (χ2v) is 5.12. The Balaban J connectivity index is 2.23. The molecule has 0 aliphatic carbocycles. The Labute approximate surface area is 116 Å². The van der Waals surface area contributed by atoms with E-state index in [0.717, 1.165) is 6.42 Å². The van der Waals surface area contributed by atoms with E-state index in [-0.39, 0.29) is 17.7 Å². The van der Waals surface area contributed by atoms with Crippen LogP contribution in [0.4, 0.5) is 8.78 Å². The molecule has 0 spiro atoms. The number of alkyl halides is 2. The van der Waals surface area contributed by atoms with Gasteiger partial charge >= 0.3 is 6.61 Å². The molecule has 1 amide bonds. The maximum absolute atomic E-state index is 12.3. The summed E-state index contributed by atoms with van der Waals surface area (Å²) in [6.07, 6.45) is 0.788. The van der Waals surface area contributed by atoms with Crippen LogP contribution in [-0.4, -0.2) is 36.5 Å². The predicted molar refractivity (Wildman–Crippen MR) is 71.0 cm³/mol. The molecule has 4 nitrogen and oxygen atoms in total. The van der Waals surface area contributed by atoms with Gasteiger partial charge in [0.1, 0.15) is 5.75 Å². The Morgan fingerprint density at radius 3 is 2.45 bits per heavy atom. The van der Waals surface area contributed by atoms with Crippen LogP contribution >= 0.6 is 0 Å². The number of amides is 1. The van der Waals surface area contributed by atoms with E-state index < -0.39 is 6.61 Å². The molecule has 1 aromatic carbocycles. The molecule has 110 valence electrons. The zero-order chi connectivity index (χ0) is 14.9. The number of carbonyl (C=O) groups is 1. The van der Waals surface area contributed by atoms with E-state index in [4.69, 9.17) is 5.73 Å². The molecule has 1 saturated heterocycles. The summed E-state index contributed by atoms with van der Waals surface area (Å²) in [5.41, 5.74) is 7.31. The van der Waals surface area contributed by atoms with Gasteiger partial charge in [0, 0.05) is 24.7 Å². The van der Waals surface area contributed by atoms with Gasteiger partial charge in [-0.25, -0.2) is 0 Å². The quantitative estimate of drug-likeness (QED) is 0.924. The van der Waals surface area contributed by atoms with E-state index >= 15 is 0 Å². The van der Waals surface area contributed by atoms with E-state index in [1.54, 1.807) is 30.9 Å². The van der Waals surface area contributed by atoms with Gasteiger partial charge in [0.25, 0.3) is 5.91 Å². The summed E-state index contributed by atoms with van der Waals surface area (Å²) in [5.74, 6) is 0.0161. The number of aryl methyl sites for hydroxylation is 2. The number of nitrogens with two attached hydrogens (primary N) is 1. The SMILES string of the molecule is Cc1cc(C(=O)N2CC[C@@H](N)C2)cc(C)c1OC(F)F. The van der Waals surface area contributed by atoms with E-state index in [0.29, 0.717) is 29.8 Å². The first kappa shape index (κ1) is 14.7. The molecule has 0 radical (unpaired) electrons. The molecule has 6 heteroatoms. The summed E-state index contributed by atoms with van der Waals surface area (Å²) in [6.45, 7) is 1.60. The van der Waals surface area contributed by atoms with Crippen LogP contribution in [0, 0.1) is 13.8 Å². The molecule has 1 atom stereocenters. The average Bonchev–Trinajstić information content (AvgIpc) is 2.79. The van der Waals surface area contributed by atoms with Crippen molar-refractivity contribution in [2.75, 3.05) is 13.1 Å². The standard InChI is InChI=1S/C14H18F2N2O2/c1-8-5-10(6-9(2)12(8)20-14(15)16)13(19)18-4-3-11(17)7-18/h5-6,11,14H,3-4,7,17H2,1-2H3/t11-/m1/s1. The summed E-state index contributed by atoms with van der Waals surface area (Å²) in [4.78, 5) is 14.0. The highest BCUT2D eigenvalue weighted by molar-refractivity contribution is 5.95. The van der Waals surface area contributed by atoms with Crippen LogP contribution in [0.5, 0.6) is 5.75 Å². The first-order valence-corrected chi connectivity index (χ1v) is 6.49. The molecule has 1 fully saturated rings. The van der Waals surface area contributed by atoms with Gasteiger partial charge in [-0.3, -0.25) is 4.79 Å². The predicted octanol–water partition coefficient (Wildman–Crippen LogP) is 2.08. The third kappa shape index (κ3) is 3.07. The van der Waals surface area contributed by atoms with Crippen LogP contribution in [0.2, 0.25) is 0 Å². The summed E-state index contributed by atoms with van der Waals surface area (Å²) in [7, 11) is 0. The fourth-order valence-corrected chi connectivity index (χ4v) is 2.50. The Bertz CT molecular complexity index is 497. The number of hydrogen-bond donors (Lipinski definition) is 1. The van der Waals surface area contributed by atoms with Gasteiger partial charge in [0.05, 0.1) is 0 Å². The molecule has 0 saturated carbocycles. The molecule has 20 heavy (non-hydrogen) atoms. The minimum atomic E-state index is -2.87. The largest absolute Gasteiger partial charge is 0.434 e. The fourth-order valence-electron chi connectivity index (χ4n) is 2.50. The molecule has 0 bridgehead atoms. The van der Waals surface area contributed by atoms with Crippen LogP contribution in [0.1, 0.15) is 27.9 Å². The van der Waals surface area contributed by atoms with Crippen LogP contribution in [0.3, 0.4) is 0 Å². The normalized spacial score (nSPS) is 18.7. The maximum atomic E-state index is 12.3. The molecule has 1 heterocycles. The van der Waals surface area contributed by atoms with Gasteiger partial charge in [0.15, 0.2) is 0 Å². The molecule has 1 aliphatic rings. The van der Waals surface area contributed by atoms with Crippen molar-refractivity contribution in [2.24, 2.45) is 5.73 Å². The van der Waals surface area contributed by atoms with Crippen molar-refractivity contribution in [1.82, 2.24) is 4.90 Å². The first-order valence-electron chi connectivity index (χ1n) is 6.49. The number of hydrogen-bond acceptors (Lipinski definition) is 3. The van der Waals surface area contributed by atoms with Crippen molar-refractivity contribution >= 4 is 5.91 Å². The van der Waals surface area contributed by atoms with Gasteiger partial charge in [0.2, 0.25) is 0 Å².